The molecule has 3 aromatic rings. The second kappa shape index (κ2) is 16.0. The Kier molecular flexibility index (Phi) is 12.4. The highest BCUT2D eigenvalue weighted by Gasteiger charge is 2.32. The van der Waals surface area contributed by atoms with Crippen molar-refractivity contribution < 1.29 is 18.0 Å². The molecule has 0 radical (unpaired) electrons. The average Bonchev–Trinajstić information content (AvgIpc) is 2.99. The van der Waals surface area contributed by atoms with Crippen LogP contribution in [0.2, 0.25) is 15.1 Å². The number of carbonyl (C=O) groups excluding carboxylic acids is 2. The van der Waals surface area contributed by atoms with Gasteiger partial charge in [0.05, 0.1) is 17.0 Å². The van der Waals surface area contributed by atoms with Crippen molar-refractivity contribution in [3.8, 4) is 0 Å². The molecule has 1 aliphatic carbocycles. The first kappa shape index (κ1) is 34.1. The zero-order valence-corrected chi connectivity index (χ0v) is 27.8. The van der Waals surface area contributed by atoms with Gasteiger partial charge >= 0.3 is 0 Å². The van der Waals surface area contributed by atoms with Crippen molar-refractivity contribution in [1.29, 1.82) is 0 Å². The summed E-state index contributed by atoms with van der Waals surface area (Å²) in [5.41, 5.74) is 2.01. The summed E-state index contributed by atoms with van der Waals surface area (Å²) in [6.07, 6.45) is 6.77. The molecular formula is C33H38Cl3N3O4S. The standard InChI is InChI=1S/C33H38Cl3N3O4S/c1-44(42,43)39(30-22-27(35)18-19-29(30)36)20-8-13-32(40)38(23-25-14-16-26(34)17-15-25)31(21-24-9-4-2-5-10-24)33(41)37-28-11-6-3-7-12-28/h2,4-5,9-10,14-19,22,28,31H,3,6-8,11-13,20-21,23H2,1H3,(H,37,41)/t31-/m0/s1. The first-order valence-corrected chi connectivity index (χ1v) is 17.8. The van der Waals surface area contributed by atoms with Gasteiger partial charge in [-0.2, -0.15) is 0 Å². The van der Waals surface area contributed by atoms with Crippen molar-refractivity contribution >= 4 is 62.3 Å². The molecule has 2 amide bonds. The van der Waals surface area contributed by atoms with E-state index in [-0.39, 0.29) is 54.5 Å². The molecule has 0 bridgehead atoms. The maximum absolute atomic E-state index is 14.0. The van der Waals surface area contributed by atoms with E-state index in [1.165, 1.54) is 12.1 Å². The maximum atomic E-state index is 14.0. The second-order valence-electron chi connectivity index (χ2n) is 11.2. The van der Waals surface area contributed by atoms with Gasteiger partial charge in [0, 0.05) is 42.0 Å². The third-order valence-electron chi connectivity index (χ3n) is 7.82. The fourth-order valence-corrected chi connectivity index (χ4v) is 7.08. The Balaban J connectivity index is 1.60. The molecule has 0 aliphatic heterocycles. The van der Waals surface area contributed by atoms with Crippen LogP contribution in [0, 0.1) is 0 Å². The first-order chi connectivity index (χ1) is 21.0. The van der Waals surface area contributed by atoms with Crippen molar-refractivity contribution in [2.75, 3.05) is 17.1 Å². The predicted molar refractivity (Wildman–Crippen MR) is 179 cm³/mol. The van der Waals surface area contributed by atoms with Crippen molar-refractivity contribution in [3.05, 3.63) is 99.0 Å². The number of nitrogens with one attached hydrogen (secondary N) is 1. The quantitative estimate of drug-likeness (QED) is 0.206. The second-order valence-corrected chi connectivity index (χ2v) is 14.4. The van der Waals surface area contributed by atoms with E-state index in [1.54, 1.807) is 23.1 Å². The molecule has 3 aromatic carbocycles. The van der Waals surface area contributed by atoms with E-state index in [9.17, 15) is 18.0 Å². The number of sulfonamides is 1. The van der Waals surface area contributed by atoms with Gasteiger partial charge in [-0.25, -0.2) is 8.42 Å². The molecule has 1 fully saturated rings. The molecule has 0 spiro atoms. The number of hydrogen-bond donors (Lipinski definition) is 1. The van der Waals surface area contributed by atoms with Crippen molar-refractivity contribution in [2.45, 2.75) is 70.0 Å². The van der Waals surface area contributed by atoms with Crippen LogP contribution < -0.4 is 9.62 Å². The van der Waals surface area contributed by atoms with Gasteiger partial charge in [-0.1, -0.05) is 96.5 Å². The van der Waals surface area contributed by atoms with Crippen molar-refractivity contribution in [2.24, 2.45) is 0 Å². The number of nitrogens with zero attached hydrogens (tertiary/aromatic N) is 2. The Hall–Kier alpha value is -2.78. The van der Waals surface area contributed by atoms with E-state index in [0.717, 1.165) is 53.8 Å². The summed E-state index contributed by atoms with van der Waals surface area (Å²) in [7, 11) is -3.73. The Bertz CT molecular complexity index is 1510. The van der Waals surface area contributed by atoms with Crippen LogP contribution in [0.4, 0.5) is 5.69 Å². The van der Waals surface area contributed by atoms with Crippen LogP contribution in [0.5, 0.6) is 0 Å². The van der Waals surface area contributed by atoms with Crippen molar-refractivity contribution in [3.63, 3.8) is 0 Å². The lowest BCUT2D eigenvalue weighted by Gasteiger charge is -2.34. The fraction of sp³-hybridized carbons (Fsp3) is 0.394. The molecular weight excluding hydrogens is 641 g/mol. The van der Waals surface area contributed by atoms with Crippen LogP contribution in [-0.2, 0) is 32.6 Å². The zero-order chi connectivity index (χ0) is 31.7. The molecule has 0 unspecified atom stereocenters. The van der Waals surface area contributed by atoms with E-state index in [2.05, 4.69) is 5.32 Å². The Morgan fingerprint density at radius 2 is 1.55 bits per heavy atom. The van der Waals surface area contributed by atoms with E-state index in [0.29, 0.717) is 16.5 Å². The number of benzene rings is 3. The van der Waals surface area contributed by atoms with E-state index in [4.69, 9.17) is 34.8 Å². The molecule has 7 nitrogen and oxygen atoms in total. The zero-order valence-electron chi connectivity index (χ0n) is 24.7. The lowest BCUT2D eigenvalue weighted by Crippen LogP contribution is -2.52. The van der Waals surface area contributed by atoms with Crippen LogP contribution in [0.1, 0.15) is 56.1 Å². The minimum absolute atomic E-state index is 0.0110. The Morgan fingerprint density at radius 3 is 2.20 bits per heavy atom. The number of amides is 2. The topological polar surface area (TPSA) is 86.8 Å². The molecule has 44 heavy (non-hydrogen) atoms. The normalized spacial score (nSPS) is 14.5. The Morgan fingerprint density at radius 1 is 0.886 bits per heavy atom. The third-order valence-corrected chi connectivity index (χ3v) is 9.80. The van der Waals surface area contributed by atoms with Gasteiger partial charge < -0.3 is 10.2 Å². The van der Waals surface area contributed by atoms with E-state index >= 15 is 0 Å². The van der Waals surface area contributed by atoms with Gasteiger partial charge in [0.25, 0.3) is 0 Å². The fourth-order valence-electron chi connectivity index (χ4n) is 5.54. The molecule has 1 atom stereocenters. The summed E-state index contributed by atoms with van der Waals surface area (Å²) < 4.78 is 26.6. The Labute approximate surface area is 275 Å². The van der Waals surface area contributed by atoms with Gasteiger partial charge in [-0.3, -0.25) is 13.9 Å². The first-order valence-electron chi connectivity index (χ1n) is 14.8. The molecule has 1 N–H and O–H groups in total. The molecule has 1 saturated carbocycles. The molecule has 0 aromatic heterocycles. The van der Waals surface area contributed by atoms with E-state index < -0.39 is 16.1 Å². The monoisotopic (exact) mass is 677 g/mol. The maximum Gasteiger partial charge on any atom is 0.243 e. The van der Waals surface area contributed by atoms with Crippen LogP contribution in [-0.4, -0.2) is 50.0 Å². The van der Waals surface area contributed by atoms with E-state index in [1.807, 2.05) is 42.5 Å². The number of anilines is 1. The van der Waals surface area contributed by atoms with Crippen molar-refractivity contribution in [1.82, 2.24) is 10.2 Å². The number of halogens is 3. The highest BCUT2D eigenvalue weighted by atomic mass is 35.5. The van der Waals surface area contributed by atoms with Crippen LogP contribution in [0.15, 0.2) is 72.8 Å². The van der Waals surface area contributed by atoms with Gasteiger partial charge in [0.15, 0.2) is 0 Å². The average molecular weight is 679 g/mol. The molecule has 11 heteroatoms. The molecule has 1 aliphatic rings. The molecule has 0 saturated heterocycles. The van der Waals surface area contributed by atoms with Gasteiger partial charge in [-0.05, 0) is 60.7 Å². The summed E-state index contributed by atoms with van der Waals surface area (Å²) in [4.78, 5) is 29.6. The third kappa shape index (κ3) is 9.86. The lowest BCUT2D eigenvalue weighted by atomic mass is 9.94. The predicted octanol–water partition coefficient (Wildman–Crippen LogP) is 7.28. The SMILES string of the molecule is CS(=O)(=O)N(CCCC(=O)N(Cc1ccc(Cl)cc1)[C@@H](Cc1ccccc1)C(=O)NC1CCCCC1)c1cc(Cl)ccc1Cl. The van der Waals surface area contributed by atoms with Crippen LogP contribution >= 0.6 is 34.8 Å². The van der Waals surface area contributed by atoms with Crippen LogP contribution in [0.3, 0.4) is 0 Å². The summed E-state index contributed by atoms with van der Waals surface area (Å²) in [6, 6.07) is 20.8. The molecule has 0 heterocycles. The summed E-state index contributed by atoms with van der Waals surface area (Å²) >= 11 is 18.6. The summed E-state index contributed by atoms with van der Waals surface area (Å²) in [5.74, 6) is -0.447. The number of hydrogen-bond acceptors (Lipinski definition) is 4. The minimum atomic E-state index is -3.73. The highest BCUT2D eigenvalue weighted by molar-refractivity contribution is 7.92. The smallest absolute Gasteiger partial charge is 0.243 e. The van der Waals surface area contributed by atoms with Gasteiger partial charge in [0.1, 0.15) is 6.04 Å². The molecule has 236 valence electrons. The highest BCUT2D eigenvalue weighted by Crippen LogP contribution is 2.31. The van der Waals surface area contributed by atoms with Gasteiger partial charge in [0.2, 0.25) is 21.8 Å². The minimum Gasteiger partial charge on any atom is -0.352 e. The number of rotatable bonds is 13. The summed E-state index contributed by atoms with van der Waals surface area (Å²) in [6.45, 7) is 0.207. The van der Waals surface area contributed by atoms with Gasteiger partial charge in [-0.15, -0.1) is 0 Å². The summed E-state index contributed by atoms with van der Waals surface area (Å²) in [5, 5.41) is 4.38. The number of carbonyl (C=O) groups is 2. The largest absolute Gasteiger partial charge is 0.352 e. The van der Waals surface area contributed by atoms with Crippen LogP contribution in [0.25, 0.3) is 0 Å². The molecule has 4 rings (SSSR count). The lowest BCUT2D eigenvalue weighted by molar-refractivity contribution is -0.141.